The van der Waals surface area contributed by atoms with Crippen LogP contribution in [-0.4, -0.2) is 25.8 Å². The fourth-order valence-corrected chi connectivity index (χ4v) is 3.23. The largest absolute Gasteiger partial charge is 0.494 e. The summed E-state index contributed by atoms with van der Waals surface area (Å²) in [5.41, 5.74) is 2.81. The molecule has 0 atom stereocenters. The lowest BCUT2D eigenvalue weighted by molar-refractivity contribution is -0.137. The Morgan fingerprint density at radius 2 is 1.20 bits per heavy atom. The molecule has 0 aliphatic heterocycles. The van der Waals surface area contributed by atoms with E-state index in [0.717, 1.165) is 28.2 Å². The Bertz CT molecular complexity index is 1090. The average molecular weight is 477 g/mol. The zero-order valence-electron chi connectivity index (χ0n) is 20.5. The average Bonchev–Trinajstić information content (AvgIpc) is 2.88. The standard InChI is InChI=1S/C29H32O6/c1-4-31-25-13-7-23(8-14-25)20-34-27-17-11-22(12-18-29(30)33-6-3)19-28(27)35-21-24-9-15-26(16-10-24)32-5-2/h7-19H,4-6,20-21H2,1-3H3/b18-12+. The lowest BCUT2D eigenvalue weighted by atomic mass is 10.1. The van der Waals surface area contributed by atoms with E-state index in [1.807, 2.05) is 80.6 Å². The molecule has 0 aromatic heterocycles. The summed E-state index contributed by atoms with van der Waals surface area (Å²) in [4.78, 5) is 11.7. The third kappa shape index (κ3) is 8.41. The van der Waals surface area contributed by atoms with E-state index in [4.69, 9.17) is 23.7 Å². The number of ether oxygens (including phenoxy) is 5. The lowest BCUT2D eigenvalue weighted by Gasteiger charge is -2.14. The Balaban J connectivity index is 1.73. The fourth-order valence-electron chi connectivity index (χ4n) is 3.23. The summed E-state index contributed by atoms with van der Waals surface area (Å²) in [6.07, 6.45) is 3.09. The number of esters is 1. The maximum atomic E-state index is 11.7. The first-order chi connectivity index (χ1) is 17.1. The van der Waals surface area contributed by atoms with Crippen LogP contribution in [0.2, 0.25) is 0 Å². The SMILES string of the molecule is CCOC(=O)/C=C/c1ccc(OCc2ccc(OCC)cc2)c(OCc2ccc(OCC)cc2)c1. The van der Waals surface area contributed by atoms with Crippen molar-refractivity contribution in [3.05, 3.63) is 89.5 Å². The molecular weight excluding hydrogens is 444 g/mol. The molecule has 35 heavy (non-hydrogen) atoms. The molecule has 0 N–H and O–H groups in total. The van der Waals surface area contributed by atoms with Crippen molar-refractivity contribution in [2.24, 2.45) is 0 Å². The van der Waals surface area contributed by atoms with E-state index in [2.05, 4.69) is 0 Å². The van der Waals surface area contributed by atoms with Crippen LogP contribution in [0.25, 0.3) is 6.08 Å². The minimum Gasteiger partial charge on any atom is -0.494 e. The molecule has 0 heterocycles. The summed E-state index contributed by atoms with van der Waals surface area (Å²) in [5.74, 6) is 2.45. The Morgan fingerprint density at radius 3 is 1.71 bits per heavy atom. The van der Waals surface area contributed by atoms with Gasteiger partial charge in [-0.05, 0) is 79.9 Å². The van der Waals surface area contributed by atoms with Gasteiger partial charge in [0.25, 0.3) is 0 Å². The Morgan fingerprint density at radius 1 is 0.657 bits per heavy atom. The van der Waals surface area contributed by atoms with Gasteiger partial charge in [0.2, 0.25) is 0 Å². The summed E-state index contributed by atoms with van der Waals surface area (Å²) in [6.45, 7) is 8.00. The van der Waals surface area contributed by atoms with Crippen LogP contribution >= 0.6 is 0 Å². The quantitative estimate of drug-likeness (QED) is 0.216. The third-order valence-corrected chi connectivity index (χ3v) is 4.92. The van der Waals surface area contributed by atoms with Crippen LogP contribution in [0.3, 0.4) is 0 Å². The molecule has 0 amide bonds. The van der Waals surface area contributed by atoms with E-state index in [0.29, 0.717) is 44.5 Å². The number of benzene rings is 3. The van der Waals surface area contributed by atoms with E-state index in [1.165, 1.54) is 6.08 Å². The molecule has 0 spiro atoms. The van der Waals surface area contributed by atoms with Crippen LogP contribution in [0, 0.1) is 0 Å². The van der Waals surface area contributed by atoms with Crippen molar-refractivity contribution >= 4 is 12.0 Å². The summed E-state index contributed by atoms with van der Waals surface area (Å²) in [7, 11) is 0. The van der Waals surface area contributed by atoms with E-state index < -0.39 is 0 Å². The molecular formula is C29H32O6. The predicted molar refractivity (Wildman–Crippen MR) is 136 cm³/mol. The van der Waals surface area contributed by atoms with Crippen molar-refractivity contribution < 1.29 is 28.5 Å². The zero-order chi connectivity index (χ0) is 24.9. The molecule has 0 aliphatic carbocycles. The molecule has 3 aromatic carbocycles. The number of hydrogen-bond acceptors (Lipinski definition) is 6. The van der Waals surface area contributed by atoms with Gasteiger partial charge in [-0.25, -0.2) is 4.79 Å². The number of carbonyl (C=O) groups is 1. The number of carbonyl (C=O) groups excluding carboxylic acids is 1. The summed E-state index contributed by atoms with van der Waals surface area (Å²) < 4.78 is 28.2. The van der Waals surface area contributed by atoms with Gasteiger partial charge in [-0.3, -0.25) is 0 Å². The smallest absolute Gasteiger partial charge is 0.330 e. The van der Waals surface area contributed by atoms with Crippen LogP contribution < -0.4 is 18.9 Å². The normalized spacial score (nSPS) is 10.7. The summed E-state index contributed by atoms with van der Waals surface area (Å²) >= 11 is 0. The van der Waals surface area contributed by atoms with Gasteiger partial charge in [-0.1, -0.05) is 30.3 Å². The first-order valence-corrected chi connectivity index (χ1v) is 11.8. The molecule has 0 bridgehead atoms. The highest BCUT2D eigenvalue weighted by Crippen LogP contribution is 2.31. The molecule has 3 rings (SSSR count). The van der Waals surface area contributed by atoms with Crippen LogP contribution in [0.5, 0.6) is 23.0 Å². The molecule has 0 saturated heterocycles. The second-order valence-corrected chi connectivity index (χ2v) is 7.52. The van der Waals surface area contributed by atoms with E-state index in [9.17, 15) is 4.79 Å². The first-order valence-electron chi connectivity index (χ1n) is 11.8. The van der Waals surface area contributed by atoms with Crippen molar-refractivity contribution in [1.82, 2.24) is 0 Å². The Labute approximate surface area is 207 Å². The lowest BCUT2D eigenvalue weighted by Crippen LogP contribution is -2.02. The molecule has 184 valence electrons. The predicted octanol–water partition coefficient (Wildman–Crippen LogP) is 6.22. The molecule has 0 saturated carbocycles. The minimum atomic E-state index is -0.389. The highest BCUT2D eigenvalue weighted by Gasteiger charge is 2.09. The highest BCUT2D eigenvalue weighted by molar-refractivity contribution is 5.87. The van der Waals surface area contributed by atoms with Gasteiger partial charge in [0, 0.05) is 6.08 Å². The van der Waals surface area contributed by atoms with E-state index in [-0.39, 0.29) is 5.97 Å². The van der Waals surface area contributed by atoms with Gasteiger partial charge in [0.1, 0.15) is 24.7 Å². The molecule has 6 heteroatoms. The van der Waals surface area contributed by atoms with Crippen LogP contribution in [-0.2, 0) is 22.7 Å². The molecule has 0 fully saturated rings. The molecule has 3 aromatic rings. The van der Waals surface area contributed by atoms with E-state index in [1.54, 1.807) is 13.0 Å². The number of hydrogen-bond donors (Lipinski definition) is 0. The van der Waals surface area contributed by atoms with Gasteiger partial charge in [0.05, 0.1) is 19.8 Å². The van der Waals surface area contributed by atoms with Crippen molar-refractivity contribution in [2.45, 2.75) is 34.0 Å². The van der Waals surface area contributed by atoms with Crippen molar-refractivity contribution in [3.63, 3.8) is 0 Å². The maximum absolute atomic E-state index is 11.7. The molecule has 0 radical (unpaired) electrons. The fraction of sp³-hybridized carbons (Fsp3) is 0.276. The van der Waals surface area contributed by atoms with E-state index >= 15 is 0 Å². The van der Waals surface area contributed by atoms with Gasteiger partial charge in [0.15, 0.2) is 11.5 Å². The van der Waals surface area contributed by atoms with Crippen LogP contribution in [0.1, 0.15) is 37.5 Å². The van der Waals surface area contributed by atoms with Gasteiger partial charge in [-0.15, -0.1) is 0 Å². The first kappa shape index (κ1) is 25.7. The highest BCUT2D eigenvalue weighted by atomic mass is 16.5. The van der Waals surface area contributed by atoms with Crippen LogP contribution in [0.4, 0.5) is 0 Å². The second-order valence-electron chi connectivity index (χ2n) is 7.52. The molecule has 0 aliphatic rings. The Kier molecular flexibility index (Phi) is 10.1. The third-order valence-electron chi connectivity index (χ3n) is 4.92. The maximum Gasteiger partial charge on any atom is 0.330 e. The van der Waals surface area contributed by atoms with Crippen molar-refractivity contribution in [1.29, 1.82) is 0 Å². The van der Waals surface area contributed by atoms with Crippen molar-refractivity contribution in [3.8, 4) is 23.0 Å². The minimum absolute atomic E-state index is 0.331. The second kappa shape index (κ2) is 13.7. The van der Waals surface area contributed by atoms with Crippen molar-refractivity contribution in [2.75, 3.05) is 19.8 Å². The van der Waals surface area contributed by atoms with Gasteiger partial charge in [-0.2, -0.15) is 0 Å². The topological polar surface area (TPSA) is 63.2 Å². The summed E-state index contributed by atoms with van der Waals surface area (Å²) in [5, 5.41) is 0. The molecule has 0 unspecified atom stereocenters. The van der Waals surface area contributed by atoms with Gasteiger partial charge >= 0.3 is 5.97 Å². The zero-order valence-corrected chi connectivity index (χ0v) is 20.5. The molecule has 6 nitrogen and oxygen atoms in total. The van der Waals surface area contributed by atoms with Gasteiger partial charge < -0.3 is 23.7 Å². The Hall–Kier alpha value is -3.93. The number of rotatable bonds is 13. The van der Waals surface area contributed by atoms with Crippen LogP contribution in [0.15, 0.2) is 72.8 Å². The monoisotopic (exact) mass is 476 g/mol. The summed E-state index contributed by atoms with van der Waals surface area (Å²) in [6, 6.07) is 21.1.